The number of methoxy groups -OCH3 is 1. The quantitative estimate of drug-likeness (QED) is 0.203. The van der Waals surface area contributed by atoms with Crippen LogP contribution in [0.1, 0.15) is 51.0 Å². The molecule has 166 valence electrons. The van der Waals surface area contributed by atoms with Crippen LogP contribution in [0.2, 0.25) is 0 Å². The molecule has 1 fully saturated rings. The van der Waals surface area contributed by atoms with Crippen LogP contribution in [0.5, 0.6) is 0 Å². The fraction of sp³-hybridized carbons (Fsp3) is 0.696. The SMILES string of the molecule is CCNC(=NCCCCOCCOC)N1CCC(c2ccccc2)C(CC)C1.I. The Morgan fingerprint density at radius 3 is 2.62 bits per heavy atom. The van der Waals surface area contributed by atoms with Gasteiger partial charge in [-0.3, -0.25) is 4.99 Å². The van der Waals surface area contributed by atoms with Crippen LogP contribution in [-0.4, -0.2) is 64.0 Å². The fourth-order valence-corrected chi connectivity index (χ4v) is 3.95. The van der Waals surface area contributed by atoms with Crippen molar-refractivity contribution in [2.45, 2.75) is 45.4 Å². The van der Waals surface area contributed by atoms with Crippen LogP contribution >= 0.6 is 24.0 Å². The molecule has 1 aliphatic heterocycles. The molecule has 0 saturated carbocycles. The van der Waals surface area contributed by atoms with Gasteiger partial charge in [0.1, 0.15) is 0 Å². The van der Waals surface area contributed by atoms with Crippen LogP contribution in [0, 0.1) is 5.92 Å². The minimum atomic E-state index is 0. The van der Waals surface area contributed by atoms with Crippen molar-refractivity contribution in [1.82, 2.24) is 10.2 Å². The Morgan fingerprint density at radius 2 is 1.93 bits per heavy atom. The second kappa shape index (κ2) is 15.9. The second-order valence-electron chi connectivity index (χ2n) is 7.47. The van der Waals surface area contributed by atoms with Gasteiger partial charge >= 0.3 is 0 Å². The number of likely N-dealkylation sites (tertiary alicyclic amines) is 1. The molecular formula is C23H40IN3O2. The summed E-state index contributed by atoms with van der Waals surface area (Å²) in [6.07, 6.45) is 4.49. The van der Waals surface area contributed by atoms with E-state index in [1.54, 1.807) is 7.11 Å². The van der Waals surface area contributed by atoms with Gasteiger partial charge in [0, 0.05) is 39.9 Å². The lowest BCUT2D eigenvalue weighted by molar-refractivity contribution is 0.0690. The number of halogens is 1. The number of aliphatic imine (C=N–C) groups is 1. The van der Waals surface area contributed by atoms with E-state index in [9.17, 15) is 0 Å². The Balaban J connectivity index is 0.00000420. The number of unbranched alkanes of at least 4 members (excludes halogenated alkanes) is 1. The molecule has 1 aromatic rings. The lowest BCUT2D eigenvalue weighted by Gasteiger charge is -2.40. The summed E-state index contributed by atoms with van der Waals surface area (Å²) in [5, 5.41) is 3.50. The maximum absolute atomic E-state index is 5.53. The van der Waals surface area contributed by atoms with Crippen LogP contribution in [0.3, 0.4) is 0 Å². The van der Waals surface area contributed by atoms with Gasteiger partial charge in [-0.2, -0.15) is 0 Å². The molecule has 2 unspecified atom stereocenters. The lowest BCUT2D eigenvalue weighted by atomic mass is 9.79. The van der Waals surface area contributed by atoms with Gasteiger partial charge in [0.25, 0.3) is 0 Å². The zero-order valence-electron chi connectivity index (χ0n) is 18.4. The highest BCUT2D eigenvalue weighted by Crippen LogP contribution is 2.34. The van der Waals surface area contributed by atoms with Crippen molar-refractivity contribution < 1.29 is 9.47 Å². The largest absolute Gasteiger partial charge is 0.382 e. The molecule has 0 aromatic heterocycles. The zero-order chi connectivity index (χ0) is 20.0. The molecule has 1 saturated heterocycles. The van der Waals surface area contributed by atoms with Crippen molar-refractivity contribution in [1.29, 1.82) is 0 Å². The van der Waals surface area contributed by atoms with Crippen molar-refractivity contribution in [2.75, 3.05) is 53.1 Å². The van der Waals surface area contributed by atoms with Gasteiger partial charge in [-0.25, -0.2) is 0 Å². The summed E-state index contributed by atoms with van der Waals surface area (Å²) in [7, 11) is 1.70. The van der Waals surface area contributed by atoms with Gasteiger partial charge in [0.05, 0.1) is 13.2 Å². The number of hydrogen-bond acceptors (Lipinski definition) is 3. The molecule has 1 aromatic carbocycles. The molecule has 0 aliphatic carbocycles. The van der Waals surface area contributed by atoms with Gasteiger partial charge in [-0.15, -0.1) is 24.0 Å². The topological polar surface area (TPSA) is 46.1 Å². The first-order valence-corrected chi connectivity index (χ1v) is 10.9. The summed E-state index contributed by atoms with van der Waals surface area (Å²) >= 11 is 0. The molecule has 2 atom stereocenters. The first kappa shape index (κ1) is 26.2. The van der Waals surface area contributed by atoms with Crippen LogP contribution in [0.25, 0.3) is 0 Å². The standard InChI is InChI=1S/C23H39N3O2.HI/c1-4-20-19-26(15-13-22(20)21-11-7-6-8-12-21)23(24-5-2)25-14-9-10-16-28-18-17-27-3;/h6-8,11-12,20,22H,4-5,9-10,13-19H2,1-3H3,(H,24,25);1H. The van der Waals surface area contributed by atoms with Crippen LogP contribution in [0.4, 0.5) is 0 Å². The summed E-state index contributed by atoms with van der Waals surface area (Å²) < 4.78 is 10.5. The smallest absolute Gasteiger partial charge is 0.193 e. The van der Waals surface area contributed by atoms with E-state index in [2.05, 4.69) is 54.4 Å². The number of hydrogen-bond donors (Lipinski definition) is 1. The number of nitrogens with one attached hydrogen (secondary N) is 1. The summed E-state index contributed by atoms with van der Waals surface area (Å²) in [5.41, 5.74) is 1.49. The van der Waals surface area contributed by atoms with E-state index in [0.29, 0.717) is 25.0 Å². The van der Waals surface area contributed by atoms with Crippen molar-refractivity contribution >= 4 is 29.9 Å². The first-order valence-electron chi connectivity index (χ1n) is 10.9. The minimum Gasteiger partial charge on any atom is -0.382 e. The molecule has 1 aliphatic rings. The van der Waals surface area contributed by atoms with E-state index in [-0.39, 0.29) is 24.0 Å². The Kier molecular flexibility index (Phi) is 14.4. The molecule has 29 heavy (non-hydrogen) atoms. The molecule has 0 bridgehead atoms. The lowest BCUT2D eigenvalue weighted by Crippen LogP contribution is -2.48. The molecule has 5 nitrogen and oxygen atoms in total. The van der Waals surface area contributed by atoms with Crippen molar-refractivity contribution in [3.63, 3.8) is 0 Å². The number of benzene rings is 1. The highest BCUT2D eigenvalue weighted by atomic mass is 127. The van der Waals surface area contributed by atoms with Crippen LogP contribution in [-0.2, 0) is 9.47 Å². The van der Waals surface area contributed by atoms with E-state index in [0.717, 1.165) is 51.6 Å². The third kappa shape index (κ3) is 9.22. The highest BCUT2D eigenvalue weighted by Gasteiger charge is 2.30. The van der Waals surface area contributed by atoms with Gasteiger partial charge < -0.3 is 19.7 Å². The number of nitrogens with zero attached hydrogens (tertiary/aromatic N) is 2. The van der Waals surface area contributed by atoms with Crippen LogP contribution < -0.4 is 5.32 Å². The van der Waals surface area contributed by atoms with Gasteiger partial charge in [0.15, 0.2) is 5.96 Å². The third-order valence-electron chi connectivity index (χ3n) is 5.51. The average molecular weight is 517 g/mol. The van der Waals surface area contributed by atoms with E-state index in [4.69, 9.17) is 14.5 Å². The molecule has 2 rings (SSSR count). The number of guanidine groups is 1. The average Bonchev–Trinajstić information content (AvgIpc) is 2.75. The zero-order valence-corrected chi connectivity index (χ0v) is 20.8. The second-order valence-corrected chi connectivity index (χ2v) is 7.47. The fourth-order valence-electron chi connectivity index (χ4n) is 3.95. The van der Waals surface area contributed by atoms with Gasteiger partial charge in [-0.1, -0.05) is 43.7 Å². The predicted molar refractivity (Wildman–Crippen MR) is 132 cm³/mol. The number of piperidine rings is 1. The first-order chi connectivity index (χ1) is 13.8. The van der Waals surface area contributed by atoms with E-state index in [1.165, 1.54) is 18.4 Å². The molecule has 1 heterocycles. The predicted octanol–water partition coefficient (Wildman–Crippen LogP) is 4.53. The molecule has 1 N–H and O–H groups in total. The number of rotatable bonds is 11. The van der Waals surface area contributed by atoms with Crippen LogP contribution in [0.15, 0.2) is 35.3 Å². The van der Waals surface area contributed by atoms with Gasteiger partial charge in [0.2, 0.25) is 0 Å². The molecular weight excluding hydrogens is 477 g/mol. The molecule has 0 spiro atoms. The Hall–Kier alpha value is -0.860. The summed E-state index contributed by atoms with van der Waals surface area (Å²) in [6, 6.07) is 11.0. The highest BCUT2D eigenvalue weighted by molar-refractivity contribution is 14.0. The monoisotopic (exact) mass is 517 g/mol. The summed E-state index contributed by atoms with van der Waals surface area (Å²) in [4.78, 5) is 7.35. The Labute approximate surface area is 194 Å². The molecule has 0 amide bonds. The van der Waals surface area contributed by atoms with E-state index < -0.39 is 0 Å². The summed E-state index contributed by atoms with van der Waals surface area (Å²) in [5.74, 6) is 2.41. The Morgan fingerprint density at radius 1 is 1.14 bits per heavy atom. The van der Waals surface area contributed by atoms with E-state index in [1.807, 2.05) is 0 Å². The minimum absolute atomic E-state index is 0. The molecule has 0 radical (unpaired) electrons. The molecule has 6 heteroatoms. The van der Waals surface area contributed by atoms with Crippen molar-refractivity contribution in [3.8, 4) is 0 Å². The Bertz CT molecular complexity index is 556. The van der Waals surface area contributed by atoms with Gasteiger partial charge in [-0.05, 0) is 43.6 Å². The maximum Gasteiger partial charge on any atom is 0.193 e. The third-order valence-corrected chi connectivity index (χ3v) is 5.51. The summed E-state index contributed by atoms with van der Waals surface area (Å²) in [6.45, 7) is 10.5. The maximum atomic E-state index is 5.53. The van der Waals surface area contributed by atoms with E-state index >= 15 is 0 Å². The number of ether oxygens (including phenoxy) is 2. The van der Waals surface area contributed by atoms with Crippen molar-refractivity contribution in [2.24, 2.45) is 10.9 Å². The normalized spacial score (nSPS) is 19.7. The van der Waals surface area contributed by atoms with Crippen molar-refractivity contribution in [3.05, 3.63) is 35.9 Å².